The Hall–Kier alpha value is -2.53. The van der Waals surface area contributed by atoms with Crippen molar-refractivity contribution >= 4 is 17.1 Å². The van der Waals surface area contributed by atoms with Crippen molar-refractivity contribution in [2.24, 2.45) is 0 Å². The van der Waals surface area contributed by atoms with Gasteiger partial charge in [0.15, 0.2) is 11.3 Å². The fraction of sp³-hybridized carbons (Fsp3) is 0.263. The number of nitrogens with zero attached hydrogens (tertiary/aromatic N) is 2. The van der Waals surface area contributed by atoms with Crippen LogP contribution >= 0.6 is 11.6 Å². The molecule has 6 heteroatoms. The number of aromatic nitrogens is 2. The van der Waals surface area contributed by atoms with Gasteiger partial charge in [-0.3, -0.25) is 9.59 Å². The van der Waals surface area contributed by atoms with Crippen LogP contribution in [0.1, 0.15) is 30.2 Å². The zero-order valence-corrected chi connectivity index (χ0v) is 14.9. The minimum absolute atomic E-state index is 0.0177. The third-order valence-electron chi connectivity index (χ3n) is 4.23. The molecule has 0 fully saturated rings. The first kappa shape index (κ1) is 17.3. The Morgan fingerprint density at radius 1 is 1.20 bits per heavy atom. The van der Waals surface area contributed by atoms with Crippen LogP contribution in [0.25, 0.3) is 5.52 Å². The van der Waals surface area contributed by atoms with E-state index in [1.54, 1.807) is 22.9 Å². The smallest absolute Gasteiger partial charge is 0.279 e. The summed E-state index contributed by atoms with van der Waals surface area (Å²) in [6, 6.07) is 6.86. The quantitative estimate of drug-likeness (QED) is 0.779. The van der Waals surface area contributed by atoms with Crippen LogP contribution in [0.5, 0.6) is 5.75 Å². The average Bonchev–Trinajstić information content (AvgIpc) is 2.58. The second-order valence-corrected chi connectivity index (χ2v) is 6.54. The summed E-state index contributed by atoms with van der Waals surface area (Å²) in [5.74, 6) is -0.508. The van der Waals surface area contributed by atoms with Crippen LogP contribution in [0.3, 0.4) is 0 Å². The first-order valence-electron chi connectivity index (χ1n) is 8.14. The van der Waals surface area contributed by atoms with Crippen LogP contribution in [0.15, 0.2) is 46.2 Å². The second-order valence-electron chi connectivity index (χ2n) is 6.13. The van der Waals surface area contributed by atoms with Gasteiger partial charge >= 0.3 is 0 Å². The third kappa shape index (κ3) is 3.20. The Morgan fingerprint density at radius 2 is 1.96 bits per heavy atom. The number of hydrogen-bond acceptors (Lipinski definition) is 3. The molecule has 0 aliphatic carbocycles. The molecule has 25 heavy (non-hydrogen) atoms. The van der Waals surface area contributed by atoms with E-state index in [0.29, 0.717) is 11.6 Å². The van der Waals surface area contributed by atoms with Crippen LogP contribution in [-0.4, -0.2) is 14.1 Å². The molecule has 3 aromatic rings. The highest BCUT2D eigenvalue weighted by Crippen LogP contribution is 2.18. The van der Waals surface area contributed by atoms with Crippen molar-refractivity contribution in [3.05, 3.63) is 79.1 Å². The Balaban J connectivity index is 2.22. The lowest BCUT2D eigenvalue weighted by Gasteiger charge is -2.14. The Kier molecular flexibility index (Phi) is 4.68. The van der Waals surface area contributed by atoms with Gasteiger partial charge in [0, 0.05) is 29.2 Å². The molecule has 0 amide bonds. The highest BCUT2D eigenvalue weighted by Gasteiger charge is 2.14. The van der Waals surface area contributed by atoms with Crippen molar-refractivity contribution in [2.75, 3.05) is 0 Å². The van der Waals surface area contributed by atoms with E-state index >= 15 is 0 Å². The molecule has 5 nitrogen and oxygen atoms in total. The lowest BCUT2D eigenvalue weighted by molar-refractivity contribution is 0.471. The number of pyridine rings is 1. The predicted molar refractivity (Wildman–Crippen MR) is 98.9 cm³/mol. The van der Waals surface area contributed by atoms with Crippen molar-refractivity contribution in [3.63, 3.8) is 0 Å². The molecule has 0 spiro atoms. The summed E-state index contributed by atoms with van der Waals surface area (Å²) in [7, 11) is 0. The van der Waals surface area contributed by atoms with Gasteiger partial charge in [0.2, 0.25) is 5.43 Å². The highest BCUT2D eigenvalue weighted by molar-refractivity contribution is 6.31. The van der Waals surface area contributed by atoms with Crippen LogP contribution in [0.4, 0.5) is 0 Å². The summed E-state index contributed by atoms with van der Waals surface area (Å²) in [6.07, 6.45) is 4.92. The maximum Gasteiger partial charge on any atom is 0.279 e. The lowest BCUT2D eigenvalue weighted by atomic mass is 10.1. The van der Waals surface area contributed by atoms with Gasteiger partial charge in [0.1, 0.15) is 0 Å². The summed E-state index contributed by atoms with van der Waals surface area (Å²) >= 11 is 6.06. The summed E-state index contributed by atoms with van der Waals surface area (Å²) in [4.78, 5) is 24.6. The van der Waals surface area contributed by atoms with E-state index in [-0.39, 0.29) is 5.52 Å². The maximum atomic E-state index is 12.8. The summed E-state index contributed by atoms with van der Waals surface area (Å²) in [5, 5.41) is 10.8. The summed E-state index contributed by atoms with van der Waals surface area (Å²) in [6.45, 7) is 4.28. The van der Waals surface area contributed by atoms with Crippen molar-refractivity contribution < 1.29 is 5.11 Å². The monoisotopic (exact) mass is 358 g/mol. The average molecular weight is 359 g/mol. The minimum atomic E-state index is -0.556. The van der Waals surface area contributed by atoms with Crippen LogP contribution in [-0.2, 0) is 13.0 Å². The van der Waals surface area contributed by atoms with Crippen molar-refractivity contribution in [1.29, 1.82) is 0 Å². The van der Waals surface area contributed by atoms with Gasteiger partial charge in [-0.2, -0.15) is 0 Å². The normalized spacial score (nSPS) is 11.2. The van der Waals surface area contributed by atoms with Gasteiger partial charge in [-0.1, -0.05) is 37.1 Å². The maximum absolute atomic E-state index is 12.8. The summed E-state index contributed by atoms with van der Waals surface area (Å²) in [5.41, 5.74) is 1.78. The van der Waals surface area contributed by atoms with E-state index < -0.39 is 16.7 Å². The molecule has 0 atom stereocenters. The minimum Gasteiger partial charge on any atom is -0.503 e. The second kappa shape index (κ2) is 6.76. The Bertz CT molecular complexity index is 1070. The van der Waals surface area contributed by atoms with Gasteiger partial charge in [0.05, 0.1) is 6.54 Å². The molecule has 3 rings (SSSR count). The molecule has 0 radical (unpaired) electrons. The standard InChI is InChI=1S/C19H19ClN2O3/c1-3-4-14-11-21(10-13-5-6-15(20)12(2)9-13)19(25)17-18(24)16(23)7-8-22(14)17/h5-9,11,24H,3-4,10H2,1-2H3. The third-order valence-corrected chi connectivity index (χ3v) is 4.66. The van der Waals surface area contributed by atoms with Gasteiger partial charge in [-0.05, 0) is 30.5 Å². The molecule has 130 valence electrons. The Morgan fingerprint density at radius 3 is 2.64 bits per heavy atom. The van der Waals surface area contributed by atoms with Crippen molar-refractivity contribution in [1.82, 2.24) is 8.97 Å². The van der Waals surface area contributed by atoms with Gasteiger partial charge < -0.3 is 14.1 Å². The predicted octanol–water partition coefficient (Wildman–Crippen LogP) is 3.13. The van der Waals surface area contributed by atoms with E-state index in [1.807, 2.05) is 26.0 Å². The number of fused-ring (bicyclic) bond motifs is 1. The SMILES string of the molecule is CCCc1cn(Cc2ccc(Cl)c(C)c2)c(=O)c2c(O)c(=O)ccn12. The van der Waals surface area contributed by atoms with E-state index in [9.17, 15) is 14.7 Å². The molecule has 0 unspecified atom stereocenters. The molecular weight excluding hydrogens is 340 g/mol. The fourth-order valence-electron chi connectivity index (χ4n) is 2.97. The number of aryl methyl sites for hydroxylation is 2. The Labute approximate surface area is 149 Å². The number of hydrogen-bond donors (Lipinski definition) is 1. The van der Waals surface area contributed by atoms with E-state index in [4.69, 9.17) is 11.6 Å². The largest absolute Gasteiger partial charge is 0.503 e. The number of aromatic hydroxyl groups is 1. The molecule has 0 bridgehead atoms. The highest BCUT2D eigenvalue weighted by atomic mass is 35.5. The van der Waals surface area contributed by atoms with E-state index in [0.717, 1.165) is 29.7 Å². The van der Waals surface area contributed by atoms with Crippen molar-refractivity contribution in [2.45, 2.75) is 33.2 Å². The molecule has 0 aliphatic heterocycles. The van der Waals surface area contributed by atoms with Crippen LogP contribution in [0.2, 0.25) is 5.02 Å². The topological polar surface area (TPSA) is 63.7 Å². The molecular formula is C19H19ClN2O3. The lowest BCUT2D eigenvalue weighted by Crippen LogP contribution is -2.26. The molecule has 2 aromatic heterocycles. The molecule has 1 aromatic carbocycles. The first-order chi connectivity index (χ1) is 11.9. The van der Waals surface area contributed by atoms with E-state index in [1.165, 1.54) is 10.6 Å². The zero-order chi connectivity index (χ0) is 18.1. The molecule has 0 saturated carbocycles. The zero-order valence-electron chi connectivity index (χ0n) is 14.1. The van der Waals surface area contributed by atoms with Crippen LogP contribution < -0.4 is 11.0 Å². The fourth-order valence-corrected chi connectivity index (χ4v) is 3.08. The molecule has 1 N–H and O–H groups in total. The number of benzene rings is 1. The molecule has 2 heterocycles. The molecule has 0 aliphatic rings. The van der Waals surface area contributed by atoms with Gasteiger partial charge in [-0.15, -0.1) is 0 Å². The van der Waals surface area contributed by atoms with E-state index in [2.05, 4.69) is 0 Å². The van der Waals surface area contributed by atoms with Gasteiger partial charge in [0.25, 0.3) is 5.56 Å². The number of rotatable bonds is 4. The number of halogens is 1. The molecule has 0 saturated heterocycles. The van der Waals surface area contributed by atoms with Gasteiger partial charge in [-0.25, -0.2) is 0 Å². The van der Waals surface area contributed by atoms with Crippen molar-refractivity contribution in [3.8, 4) is 5.75 Å². The van der Waals surface area contributed by atoms with Crippen LogP contribution in [0, 0.1) is 6.92 Å². The first-order valence-corrected chi connectivity index (χ1v) is 8.52. The summed E-state index contributed by atoms with van der Waals surface area (Å²) < 4.78 is 3.13.